The summed E-state index contributed by atoms with van der Waals surface area (Å²) in [6.45, 7) is -0.801. The van der Waals surface area contributed by atoms with Crippen molar-refractivity contribution in [3.05, 3.63) is 141 Å². The van der Waals surface area contributed by atoms with Gasteiger partial charge in [0.15, 0.2) is 18.4 Å². The number of nitrogens with two attached hydrogens (primary N) is 1. The van der Waals surface area contributed by atoms with E-state index >= 15 is 0 Å². The molecule has 5 rings (SSSR count). The molecule has 0 saturated carbocycles. The second-order valence-corrected chi connectivity index (χ2v) is 9.45. The van der Waals surface area contributed by atoms with Gasteiger partial charge < -0.3 is 24.7 Å². The van der Waals surface area contributed by atoms with Crippen LogP contribution in [0.4, 0.5) is 5.82 Å². The molecule has 4 aromatic rings. The largest absolute Gasteiger partial charge is 0.459 e. The predicted molar refractivity (Wildman–Crippen MR) is 153 cm³/mol. The van der Waals surface area contributed by atoms with Crippen molar-refractivity contribution in [1.82, 2.24) is 9.55 Å². The zero-order chi connectivity index (χ0) is 31.1. The Morgan fingerprint density at radius 3 is 1.91 bits per heavy atom. The molecule has 14 nitrogen and oxygen atoms in total. The summed E-state index contributed by atoms with van der Waals surface area (Å²) in [5.41, 5.74) is 12.5. The standard InChI is InChI=1S/C30H24N6O8/c31-22-16-17-36(29(40)33-22)25-23(42-27(38)20-12-6-2-7-13-20)24(43-28(39)21-14-8-3-9-15-21)30(44-25,34-35-32)18-41-26(37)19-10-4-1-5-11-19/h1-17,23-25H,18H2,(H2,31,33,40)/t23-,24+,25+,30-/m1/s1. The predicted octanol–water partition coefficient (Wildman–Crippen LogP) is 3.67. The van der Waals surface area contributed by atoms with Gasteiger partial charge in [0.2, 0.25) is 5.72 Å². The van der Waals surface area contributed by atoms with Crippen LogP contribution in [0.5, 0.6) is 0 Å². The molecule has 1 aliphatic rings. The zero-order valence-corrected chi connectivity index (χ0v) is 22.8. The molecule has 3 aromatic carbocycles. The summed E-state index contributed by atoms with van der Waals surface area (Å²) in [6.07, 6.45) is -3.73. The van der Waals surface area contributed by atoms with Crippen LogP contribution in [0.15, 0.2) is 113 Å². The molecule has 4 atom stereocenters. The molecule has 222 valence electrons. The average molecular weight is 597 g/mol. The molecule has 2 heterocycles. The molecule has 44 heavy (non-hydrogen) atoms. The maximum absolute atomic E-state index is 13.4. The van der Waals surface area contributed by atoms with Crippen molar-refractivity contribution in [3.63, 3.8) is 0 Å². The molecule has 0 bridgehead atoms. The topological polar surface area (TPSA) is 198 Å². The molecule has 1 aliphatic heterocycles. The summed E-state index contributed by atoms with van der Waals surface area (Å²) < 4.78 is 24.1. The van der Waals surface area contributed by atoms with Gasteiger partial charge in [0.1, 0.15) is 12.4 Å². The van der Waals surface area contributed by atoms with Crippen molar-refractivity contribution in [2.24, 2.45) is 5.11 Å². The fourth-order valence-corrected chi connectivity index (χ4v) is 4.51. The first kappa shape index (κ1) is 29.5. The van der Waals surface area contributed by atoms with Crippen LogP contribution >= 0.6 is 0 Å². The highest BCUT2D eigenvalue weighted by atomic mass is 16.7. The number of carbonyl (C=O) groups excluding carboxylic acids is 3. The second kappa shape index (κ2) is 12.9. The number of azide groups is 1. The number of nitrogen functional groups attached to an aromatic ring is 1. The first-order valence-corrected chi connectivity index (χ1v) is 13.1. The van der Waals surface area contributed by atoms with Crippen LogP contribution in [0.25, 0.3) is 10.4 Å². The summed E-state index contributed by atoms with van der Waals surface area (Å²) in [5, 5.41) is 3.75. The van der Waals surface area contributed by atoms with E-state index in [9.17, 15) is 24.7 Å². The lowest BCUT2D eigenvalue weighted by Gasteiger charge is -2.29. The van der Waals surface area contributed by atoms with Gasteiger partial charge >= 0.3 is 23.6 Å². The van der Waals surface area contributed by atoms with Crippen molar-refractivity contribution in [3.8, 4) is 0 Å². The molecule has 1 aromatic heterocycles. The molecule has 2 N–H and O–H groups in total. The number of nitrogens with zero attached hydrogens (tertiary/aromatic N) is 5. The third-order valence-corrected chi connectivity index (χ3v) is 6.60. The molecule has 14 heteroatoms. The van der Waals surface area contributed by atoms with Gasteiger partial charge in [-0.15, -0.1) is 0 Å². The summed E-state index contributed by atoms with van der Waals surface area (Å²) >= 11 is 0. The van der Waals surface area contributed by atoms with E-state index in [1.807, 2.05) is 0 Å². The van der Waals surface area contributed by atoms with Crippen LogP contribution < -0.4 is 11.4 Å². The highest BCUT2D eigenvalue weighted by Crippen LogP contribution is 2.43. The van der Waals surface area contributed by atoms with Crippen LogP contribution in [-0.4, -0.2) is 52.0 Å². The Morgan fingerprint density at radius 2 is 1.39 bits per heavy atom. The third-order valence-electron chi connectivity index (χ3n) is 6.60. The number of benzene rings is 3. The first-order valence-electron chi connectivity index (χ1n) is 13.1. The summed E-state index contributed by atoms with van der Waals surface area (Å²) in [5.74, 6) is -2.70. The Balaban J connectivity index is 1.61. The zero-order valence-electron chi connectivity index (χ0n) is 22.8. The van der Waals surface area contributed by atoms with Gasteiger partial charge in [-0.05, 0) is 48.0 Å². The normalized spacial score (nSPS) is 20.6. The van der Waals surface area contributed by atoms with Gasteiger partial charge in [-0.1, -0.05) is 59.7 Å². The minimum atomic E-state index is -2.32. The molecule has 0 aliphatic carbocycles. The van der Waals surface area contributed by atoms with Gasteiger partial charge in [-0.3, -0.25) is 4.57 Å². The minimum absolute atomic E-state index is 0.103. The molecule has 1 fully saturated rings. The van der Waals surface area contributed by atoms with E-state index in [1.54, 1.807) is 54.6 Å². The lowest BCUT2D eigenvalue weighted by atomic mass is 10.0. The van der Waals surface area contributed by atoms with E-state index in [1.165, 1.54) is 48.7 Å². The summed E-state index contributed by atoms with van der Waals surface area (Å²) in [6, 6.07) is 24.9. The van der Waals surface area contributed by atoms with Gasteiger partial charge in [-0.25, -0.2) is 19.2 Å². The smallest absolute Gasteiger partial charge is 0.351 e. The van der Waals surface area contributed by atoms with Crippen LogP contribution in [0.3, 0.4) is 0 Å². The first-order chi connectivity index (χ1) is 21.3. The average Bonchev–Trinajstić information content (AvgIpc) is 3.33. The molecular formula is C30H24N6O8. The summed E-state index contributed by atoms with van der Waals surface area (Å²) in [7, 11) is 0. The third kappa shape index (κ3) is 6.26. The van der Waals surface area contributed by atoms with Crippen LogP contribution in [0, 0.1) is 0 Å². The Bertz CT molecular complexity index is 1760. The van der Waals surface area contributed by atoms with E-state index in [0.717, 1.165) is 4.57 Å². The SMILES string of the molecule is [N-]=[N+]=N[C@]1(COC(=O)c2ccccc2)O[C@H](n2ccc(N)nc2=O)[C@H](OC(=O)c2ccccc2)[C@@H]1OC(=O)c1ccccc1. The van der Waals surface area contributed by atoms with Gasteiger partial charge in [-0.2, -0.15) is 4.98 Å². The highest BCUT2D eigenvalue weighted by Gasteiger charge is 2.61. The number of rotatable bonds is 9. The number of anilines is 1. The number of hydrogen-bond acceptors (Lipinski definition) is 11. The number of carbonyl (C=O) groups is 3. The Hall–Kier alpha value is -5.98. The lowest BCUT2D eigenvalue weighted by Crippen LogP contribution is -2.49. The molecule has 0 unspecified atom stereocenters. The van der Waals surface area contributed by atoms with Crippen molar-refractivity contribution in [1.29, 1.82) is 0 Å². The van der Waals surface area contributed by atoms with Crippen LogP contribution in [0.2, 0.25) is 0 Å². The highest BCUT2D eigenvalue weighted by molar-refractivity contribution is 5.91. The maximum Gasteiger partial charge on any atom is 0.351 e. The summed E-state index contributed by atoms with van der Waals surface area (Å²) in [4.78, 5) is 59.1. The van der Waals surface area contributed by atoms with Crippen molar-refractivity contribution in [2.45, 2.75) is 24.2 Å². The number of esters is 3. The van der Waals surface area contributed by atoms with E-state index in [0.29, 0.717) is 0 Å². The van der Waals surface area contributed by atoms with Crippen LogP contribution in [-0.2, 0) is 18.9 Å². The minimum Gasteiger partial charge on any atom is -0.459 e. The van der Waals surface area contributed by atoms with Crippen molar-refractivity contribution >= 4 is 23.7 Å². The Morgan fingerprint density at radius 1 is 0.864 bits per heavy atom. The van der Waals surface area contributed by atoms with E-state index in [2.05, 4.69) is 15.0 Å². The molecule has 0 spiro atoms. The maximum atomic E-state index is 13.4. The van der Waals surface area contributed by atoms with Gasteiger partial charge in [0.25, 0.3) is 0 Å². The Labute approximate surface area is 249 Å². The fraction of sp³-hybridized carbons (Fsp3) is 0.167. The fourth-order valence-electron chi connectivity index (χ4n) is 4.51. The number of hydrogen-bond donors (Lipinski definition) is 1. The van der Waals surface area contributed by atoms with E-state index < -0.39 is 54.4 Å². The quantitative estimate of drug-likeness (QED) is 0.0978. The van der Waals surface area contributed by atoms with Gasteiger partial charge in [0, 0.05) is 11.1 Å². The molecule has 1 saturated heterocycles. The van der Waals surface area contributed by atoms with Gasteiger partial charge in [0.05, 0.1) is 16.7 Å². The Kier molecular flexibility index (Phi) is 8.65. The number of ether oxygens (including phenoxy) is 4. The van der Waals surface area contributed by atoms with Crippen molar-refractivity contribution in [2.75, 3.05) is 12.3 Å². The van der Waals surface area contributed by atoms with E-state index in [4.69, 9.17) is 24.7 Å². The molecular weight excluding hydrogens is 572 g/mol. The number of aromatic nitrogens is 2. The monoisotopic (exact) mass is 596 g/mol. The van der Waals surface area contributed by atoms with Crippen LogP contribution in [0.1, 0.15) is 37.3 Å². The van der Waals surface area contributed by atoms with E-state index in [-0.39, 0.29) is 22.5 Å². The second-order valence-electron chi connectivity index (χ2n) is 9.45. The molecule has 0 amide bonds. The molecule has 0 radical (unpaired) electrons. The lowest BCUT2D eigenvalue weighted by molar-refractivity contribution is -0.129. The van der Waals surface area contributed by atoms with Crippen molar-refractivity contribution < 1.29 is 33.3 Å².